The third-order valence-electron chi connectivity index (χ3n) is 6.44. The predicted molar refractivity (Wildman–Crippen MR) is 153 cm³/mol. The van der Waals surface area contributed by atoms with Gasteiger partial charge >= 0.3 is 0 Å². The number of benzene rings is 3. The minimum atomic E-state index is -0.0893. The molecular formula is C31H36ClN3O3. The first kappa shape index (κ1) is 27.5. The number of carbonyl (C=O) groups is 1. The number of carbonyl (C=O) groups excluding carboxylic acids is 1. The molecule has 0 aliphatic rings. The number of para-hydroxylation sites is 2. The third-order valence-corrected chi connectivity index (χ3v) is 6.70. The number of fused-ring (bicyclic) bond motifs is 1. The van der Waals surface area contributed by atoms with Gasteiger partial charge in [0.15, 0.2) is 6.61 Å². The first-order valence-corrected chi connectivity index (χ1v) is 13.7. The van der Waals surface area contributed by atoms with Crippen LogP contribution in [0.4, 0.5) is 0 Å². The van der Waals surface area contributed by atoms with Crippen molar-refractivity contribution in [2.75, 3.05) is 19.8 Å². The van der Waals surface area contributed by atoms with Gasteiger partial charge in [0.25, 0.3) is 5.91 Å². The van der Waals surface area contributed by atoms with E-state index in [-0.39, 0.29) is 12.5 Å². The Balaban J connectivity index is 1.18. The molecule has 0 unspecified atom stereocenters. The average molecular weight is 534 g/mol. The van der Waals surface area contributed by atoms with E-state index in [0.717, 1.165) is 78.1 Å². The Hall–Kier alpha value is -3.51. The summed E-state index contributed by atoms with van der Waals surface area (Å²) >= 11 is 5.95. The Morgan fingerprint density at radius 1 is 0.947 bits per heavy atom. The molecule has 0 fully saturated rings. The Morgan fingerprint density at radius 2 is 1.76 bits per heavy atom. The minimum Gasteiger partial charge on any atom is -0.494 e. The zero-order valence-corrected chi connectivity index (χ0v) is 23.0. The fraction of sp³-hybridized carbons (Fsp3) is 0.355. The number of unbranched alkanes of at least 4 members (excludes halogenated alkanes) is 2. The molecule has 4 rings (SSSR count). The van der Waals surface area contributed by atoms with E-state index in [0.29, 0.717) is 18.2 Å². The van der Waals surface area contributed by atoms with Gasteiger partial charge in [-0.15, -0.1) is 0 Å². The smallest absolute Gasteiger partial charge is 0.257 e. The van der Waals surface area contributed by atoms with Crippen LogP contribution in [-0.2, 0) is 17.8 Å². The molecule has 0 aliphatic carbocycles. The van der Waals surface area contributed by atoms with E-state index in [9.17, 15) is 4.79 Å². The second kappa shape index (κ2) is 13.9. The summed E-state index contributed by atoms with van der Waals surface area (Å²) in [5.41, 5.74) is 4.33. The third kappa shape index (κ3) is 7.99. The van der Waals surface area contributed by atoms with E-state index in [1.165, 1.54) is 0 Å². The summed E-state index contributed by atoms with van der Waals surface area (Å²) in [5.74, 6) is 2.60. The fourth-order valence-electron chi connectivity index (χ4n) is 4.38. The summed E-state index contributed by atoms with van der Waals surface area (Å²) in [6.45, 7) is 6.15. The van der Waals surface area contributed by atoms with Crippen molar-refractivity contribution in [3.05, 3.63) is 88.7 Å². The van der Waals surface area contributed by atoms with Crippen LogP contribution in [0.25, 0.3) is 11.0 Å². The highest BCUT2D eigenvalue weighted by Gasteiger charge is 2.10. The van der Waals surface area contributed by atoms with Crippen molar-refractivity contribution in [1.82, 2.24) is 14.9 Å². The van der Waals surface area contributed by atoms with Gasteiger partial charge in [-0.2, -0.15) is 0 Å². The van der Waals surface area contributed by atoms with E-state index in [1.54, 1.807) is 0 Å². The fourth-order valence-corrected chi connectivity index (χ4v) is 4.51. The van der Waals surface area contributed by atoms with Crippen molar-refractivity contribution < 1.29 is 14.3 Å². The van der Waals surface area contributed by atoms with Crippen molar-refractivity contribution in [3.8, 4) is 11.5 Å². The summed E-state index contributed by atoms with van der Waals surface area (Å²) in [5, 5.41) is 3.67. The van der Waals surface area contributed by atoms with Gasteiger partial charge in [-0.1, -0.05) is 42.3 Å². The van der Waals surface area contributed by atoms with Crippen LogP contribution in [0.1, 0.15) is 42.6 Å². The number of halogens is 1. The summed E-state index contributed by atoms with van der Waals surface area (Å²) in [4.78, 5) is 17.1. The number of nitrogens with one attached hydrogen (secondary N) is 1. The molecule has 4 aromatic rings. The molecule has 1 aromatic heterocycles. The second-order valence-corrected chi connectivity index (χ2v) is 9.98. The lowest BCUT2D eigenvalue weighted by Crippen LogP contribution is -2.29. The second-order valence-electron chi connectivity index (χ2n) is 9.54. The highest BCUT2D eigenvalue weighted by atomic mass is 35.5. The largest absolute Gasteiger partial charge is 0.494 e. The number of rotatable bonds is 14. The van der Waals surface area contributed by atoms with Crippen molar-refractivity contribution >= 4 is 28.5 Å². The van der Waals surface area contributed by atoms with E-state index in [1.807, 2.05) is 62.4 Å². The summed E-state index contributed by atoms with van der Waals surface area (Å²) in [7, 11) is 0. The first-order valence-electron chi connectivity index (χ1n) is 13.3. The lowest BCUT2D eigenvalue weighted by atomic mass is 10.1. The zero-order valence-electron chi connectivity index (χ0n) is 22.2. The maximum atomic E-state index is 12.2. The van der Waals surface area contributed by atoms with Gasteiger partial charge in [-0.3, -0.25) is 4.79 Å². The summed E-state index contributed by atoms with van der Waals surface area (Å²) < 4.78 is 13.9. The topological polar surface area (TPSA) is 65.4 Å². The van der Waals surface area contributed by atoms with E-state index in [2.05, 4.69) is 28.1 Å². The molecule has 1 N–H and O–H groups in total. The van der Waals surface area contributed by atoms with Crippen LogP contribution in [0.3, 0.4) is 0 Å². The molecule has 1 amide bonds. The molecule has 0 spiro atoms. The van der Waals surface area contributed by atoms with Crippen LogP contribution in [0.15, 0.2) is 66.7 Å². The number of amides is 1. The quantitative estimate of drug-likeness (QED) is 0.183. The van der Waals surface area contributed by atoms with Crippen LogP contribution in [-0.4, -0.2) is 35.2 Å². The molecule has 0 atom stereocenters. The molecule has 6 nitrogen and oxygen atoms in total. The monoisotopic (exact) mass is 533 g/mol. The molecule has 0 saturated carbocycles. The predicted octanol–water partition coefficient (Wildman–Crippen LogP) is 6.68. The van der Waals surface area contributed by atoms with E-state index in [4.69, 9.17) is 26.1 Å². The summed E-state index contributed by atoms with van der Waals surface area (Å²) in [6, 6.07) is 21.7. The Morgan fingerprint density at radius 3 is 2.61 bits per heavy atom. The molecule has 0 saturated heterocycles. The van der Waals surface area contributed by atoms with Gasteiger partial charge in [0.2, 0.25) is 0 Å². The number of aromatic nitrogens is 2. The van der Waals surface area contributed by atoms with Gasteiger partial charge in [-0.25, -0.2) is 4.98 Å². The van der Waals surface area contributed by atoms with Crippen LogP contribution in [0.5, 0.6) is 11.5 Å². The van der Waals surface area contributed by atoms with E-state index < -0.39 is 0 Å². The number of hydrogen-bond acceptors (Lipinski definition) is 4. The van der Waals surface area contributed by atoms with Crippen LogP contribution in [0, 0.1) is 13.8 Å². The van der Waals surface area contributed by atoms with Crippen molar-refractivity contribution in [3.63, 3.8) is 0 Å². The molecule has 0 aliphatic heterocycles. The van der Waals surface area contributed by atoms with Gasteiger partial charge < -0.3 is 19.4 Å². The van der Waals surface area contributed by atoms with Crippen LogP contribution in [0.2, 0.25) is 5.02 Å². The highest BCUT2D eigenvalue weighted by Crippen LogP contribution is 2.20. The highest BCUT2D eigenvalue weighted by molar-refractivity contribution is 6.30. The van der Waals surface area contributed by atoms with Crippen molar-refractivity contribution in [2.45, 2.75) is 52.5 Å². The Kier molecular flexibility index (Phi) is 10.0. The Labute approximate surface area is 229 Å². The number of imidazole rings is 1. The molecule has 0 bridgehead atoms. The zero-order chi connectivity index (χ0) is 26.7. The van der Waals surface area contributed by atoms with Gasteiger partial charge in [0.05, 0.1) is 17.6 Å². The molecule has 3 aromatic carbocycles. The number of aryl methyl sites for hydroxylation is 4. The molecule has 200 valence electrons. The normalized spacial score (nSPS) is 11.0. The lowest BCUT2D eigenvalue weighted by molar-refractivity contribution is -0.123. The van der Waals surface area contributed by atoms with Gasteiger partial charge in [0, 0.05) is 24.5 Å². The lowest BCUT2D eigenvalue weighted by Gasteiger charge is -2.11. The van der Waals surface area contributed by atoms with Crippen LogP contribution >= 0.6 is 11.6 Å². The van der Waals surface area contributed by atoms with E-state index >= 15 is 0 Å². The van der Waals surface area contributed by atoms with Crippen molar-refractivity contribution in [2.24, 2.45) is 0 Å². The molecule has 1 heterocycles. The average Bonchev–Trinajstić information content (AvgIpc) is 3.27. The van der Waals surface area contributed by atoms with Gasteiger partial charge in [0.1, 0.15) is 17.3 Å². The maximum absolute atomic E-state index is 12.2. The van der Waals surface area contributed by atoms with Crippen molar-refractivity contribution in [1.29, 1.82) is 0 Å². The minimum absolute atomic E-state index is 0.0377. The first-order chi connectivity index (χ1) is 18.5. The summed E-state index contributed by atoms with van der Waals surface area (Å²) in [6.07, 6.45) is 4.73. The van der Waals surface area contributed by atoms with Crippen LogP contribution < -0.4 is 14.8 Å². The number of ether oxygens (including phenoxy) is 2. The maximum Gasteiger partial charge on any atom is 0.257 e. The SMILES string of the molecule is Cc1ccc(C)c(OCC(=O)NCCCCCc2nc3ccccc3n2CCCOc2ccc(Cl)cc2)c1. The number of hydrogen-bond donors (Lipinski definition) is 1. The molecular weight excluding hydrogens is 498 g/mol. The molecule has 7 heteroatoms. The van der Waals surface area contributed by atoms with Gasteiger partial charge in [-0.05, 0) is 86.7 Å². The number of nitrogens with zero attached hydrogens (tertiary/aromatic N) is 2. The molecule has 0 radical (unpaired) electrons. The standard InChI is InChI=1S/C31H36ClN3O3/c1-23-12-13-24(2)29(21-23)38-22-31(36)33-18-7-3-4-11-30-34-27-9-5-6-10-28(27)35(30)19-8-20-37-26-16-14-25(32)15-17-26/h5-6,9-10,12-17,21H,3-4,7-8,11,18-20,22H2,1-2H3,(H,33,36). The molecule has 38 heavy (non-hydrogen) atoms. The Bertz CT molecular complexity index is 1330.